The Kier molecular flexibility index (Phi) is 4.10. The molecular formula is C9H10ClN2O4+. The van der Waals surface area contributed by atoms with Crippen molar-refractivity contribution in [2.45, 2.75) is 0 Å². The first kappa shape index (κ1) is 12.3. The molecule has 1 aromatic carbocycles. The number of ether oxygens (including phenoxy) is 1. The number of nitrogens with zero attached hydrogens (tertiary/aromatic N) is 1. The molecule has 0 radical (unpaired) electrons. The predicted molar refractivity (Wildman–Crippen MR) is 57.0 cm³/mol. The maximum absolute atomic E-state index is 11.0. The van der Waals surface area contributed by atoms with Crippen molar-refractivity contribution in [1.29, 1.82) is 0 Å². The summed E-state index contributed by atoms with van der Waals surface area (Å²) in [6, 6.07) is 4.40. The highest BCUT2D eigenvalue weighted by atomic mass is 35.5. The van der Waals surface area contributed by atoms with Gasteiger partial charge in [-0.15, -0.1) is 11.6 Å². The van der Waals surface area contributed by atoms with Gasteiger partial charge in [-0.05, 0) is 12.1 Å². The van der Waals surface area contributed by atoms with Gasteiger partial charge in [0.15, 0.2) is 6.72 Å². The van der Waals surface area contributed by atoms with E-state index in [4.69, 9.17) is 21.5 Å². The molecule has 0 heterocycles. The number of esters is 1. The minimum Gasteiger partial charge on any atom is -0.418 e. The second-order valence-electron chi connectivity index (χ2n) is 2.77. The average molecular weight is 246 g/mol. The summed E-state index contributed by atoms with van der Waals surface area (Å²) in [5, 5.41) is 18.0. The lowest BCUT2D eigenvalue weighted by atomic mass is 10.2. The lowest BCUT2D eigenvalue weighted by Gasteiger charge is -2.06. The monoisotopic (exact) mass is 245 g/mol. The van der Waals surface area contributed by atoms with E-state index < -0.39 is 5.97 Å². The van der Waals surface area contributed by atoms with Gasteiger partial charge in [0, 0.05) is 4.74 Å². The van der Waals surface area contributed by atoms with Gasteiger partial charge in [-0.2, -0.15) is 0 Å². The summed E-state index contributed by atoms with van der Waals surface area (Å²) in [6.45, 7) is 3.22. The highest BCUT2D eigenvalue weighted by Crippen LogP contribution is 2.33. The molecule has 0 spiro atoms. The van der Waals surface area contributed by atoms with Gasteiger partial charge in [-0.25, -0.2) is 0 Å². The van der Waals surface area contributed by atoms with Crippen LogP contribution >= 0.6 is 11.6 Å². The van der Waals surface area contributed by atoms with Crippen LogP contribution in [-0.4, -0.2) is 33.7 Å². The molecule has 6 nitrogen and oxygen atoms in total. The quantitative estimate of drug-likeness (QED) is 0.142. The molecule has 1 aromatic rings. The number of para-hydroxylation sites is 1. The molecule has 1 rings (SSSR count). The van der Waals surface area contributed by atoms with E-state index in [0.29, 0.717) is 4.74 Å². The van der Waals surface area contributed by atoms with E-state index in [1.807, 2.05) is 5.48 Å². The van der Waals surface area contributed by atoms with E-state index in [2.05, 4.69) is 6.72 Å². The first-order valence-corrected chi connectivity index (χ1v) is 4.73. The molecule has 0 aromatic heterocycles. The molecule has 0 aliphatic carbocycles. The van der Waals surface area contributed by atoms with Crippen LogP contribution in [0.1, 0.15) is 0 Å². The number of hydrogen-bond donors (Lipinski definition) is 3. The first-order valence-electron chi connectivity index (χ1n) is 4.19. The van der Waals surface area contributed by atoms with Gasteiger partial charge in [0.05, 0.1) is 0 Å². The van der Waals surface area contributed by atoms with E-state index in [9.17, 15) is 10.0 Å². The number of anilines is 1. The summed E-state index contributed by atoms with van der Waals surface area (Å²) in [5.41, 5.74) is 2.00. The molecule has 0 saturated heterocycles. The molecule has 0 saturated carbocycles. The van der Waals surface area contributed by atoms with Crippen molar-refractivity contribution in [3.05, 3.63) is 18.2 Å². The smallest absolute Gasteiger partial charge is 0.326 e. The van der Waals surface area contributed by atoms with E-state index >= 15 is 0 Å². The van der Waals surface area contributed by atoms with Gasteiger partial charge >= 0.3 is 11.7 Å². The van der Waals surface area contributed by atoms with Crippen LogP contribution in [-0.2, 0) is 4.79 Å². The average Bonchev–Trinajstić information content (AvgIpc) is 2.28. The molecule has 3 N–H and O–H groups in total. The van der Waals surface area contributed by atoms with Crippen LogP contribution in [0, 0.1) is 0 Å². The minimum atomic E-state index is -0.681. The fourth-order valence-corrected chi connectivity index (χ4v) is 1.17. The van der Waals surface area contributed by atoms with Crippen molar-refractivity contribution in [1.82, 2.24) is 0 Å². The van der Waals surface area contributed by atoms with Crippen LogP contribution < -0.4 is 10.2 Å². The van der Waals surface area contributed by atoms with Gasteiger partial charge in [-0.1, -0.05) is 6.07 Å². The Balaban J connectivity index is 3.17. The molecule has 0 aliphatic rings. The Hall–Kier alpha value is -1.79. The molecule has 16 heavy (non-hydrogen) atoms. The lowest BCUT2D eigenvalue weighted by molar-refractivity contribution is -0.706. The van der Waals surface area contributed by atoms with Crippen molar-refractivity contribution in [2.75, 3.05) is 11.4 Å². The molecule has 0 bridgehead atoms. The summed E-state index contributed by atoms with van der Waals surface area (Å²) in [7, 11) is 0. The molecule has 0 atom stereocenters. The minimum absolute atomic E-state index is 0.0171. The maximum Gasteiger partial charge on any atom is 0.326 e. The zero-order valence-corrected chi connectivity index (χ0v) is 8.94. The van der Waals surface area contributed by atoms with Crippen LogP contribution in [0.3, 0.4) is 0 Å². The second-order valence-corrected chi connectivity index (χ2v) is 3.04. The Morgan fingerprint density at radius 1 is 1.62 bits per heavy atom. The third-order valence-electron chi connectivity index (χ3n) is 1.71. The Morgan fingerprint density at radius 3 is 2.81 bits per heavy atom. The van der Waals surface area contributed by atoms with E-state index in [1.54, 1.807) is 0 Å². The zero-order valence-electron chi connectivity index (χ0n) is 8.18. The highest BCUT2D eigenvalue weighted by molar-refractivity contribution is 6.26. The number of nitrogens with one attached hydrogen (secondary N) is 1. The number of alkyl halides is 1. The van der Waals surface area contributed by atoms with Gasteiger partial charge in [0.1, 0.15) is 11.6 Å². The standard InChI is InChI=1S/C9H10ClN2O4/c1-12(15)9-6(11-14)3-2-4-7(9)16-8(13)5-10/h2-4,11,14-15H,1,5H2/q+1. The van der Waals surface area contributed by atoms with E-state index in [-0.39, 0.29) is 23.0 Å². The highest BCUT2D eigenvalue weighted by Gasteiger charge is 2.21. The summed E-state index contributed by atoms with van der Waals surface area (Å²) < 4.78 is 5.30. The second kappa shape index (κ2) is 5.34. The third-order valence-corrected chi connectivity index (χ3v) is 1.93. The first-order chi connectivity index (χ1) is 7.60. The van der Waals surface area contributed by atoms with Crippen molar-refractivity contribution >= 4 is 35.7 Å². The van der Waals surface area contributed by atoms with Crippen LogP contribution in [0.2, 0.25) is 0 Å². The molecule has 86 valence electrons. The van der Waals surface area contributed by atoms with Crippen molar-refractivity contribution < 1.29 is 24.7 Å². The van der Waals surface area contributed by atoms with Crippen LogP contribution in [0.4, 0.5) is 11.4 Å². The van der Waals surface area contributed by atoms with Crippen LogP contribution in [0.5, 0.6) is 5.75 Å². The van der Waals surface area contributed by atoms with Crippen molar-refractivity contribution in [3.63, 3.8) is 0 Å². The SMILES string of the molecule is C=[N+](O)c1c(NO)cccc1OC(=O)CCl. The van der Waals surface area contributed by atoms with Crippen LogP contribution in [0.15, 0.2) is 18.2 Å². The summed E-state index contributed by atoms with van der Waals surface area (Å²) in [5.74, 6) is -0.972. The summed E-state index contributed by atoms with van der Waals surface area (Å²) in [6.07, 6.45) is 0. The molecule has 0 aliphatic heterocycles. The normalized spacial score (nSPS) is 9.62. The molecular weight excluding hydrogens is 236 g/mol. The molecule has 0 unspecified atom stereocenters. The number of carbonyl (C=O) groups excluding carboxylic acids is 1. The summed E-state index contributed by atoms with van der Waals surface area (Å²) in [4.78, 5) is 11.0. The zero-order chi connectivity index (χ0) is 12.1. The largest absolute Gasteiger partial charge is 0.418 e. The van der Waals surface area contributed by atoms with Gasteiger partial charge < -0.3 is 4.74 Å². The molecule has 0 amide bonds. The van der Waals surface area contributed by atoms with Gasteiger partial charge in [0.25, 0.3) is 0 Å². The Labute approximate surface area is 96.3 Å². The number of rotatable bonds is 4. The number of halogens is 1. The fourth-order valence-electron chi connectivity index (χ4n) is 1.11. The van der Waals surface area contributed by atoms with Crippen molar-refractivity contribution in [3.8, 4) is 5.75 Å². The third kappa shape index (κ3) is 2.62. The molecule has 7 heteroatoms. The number of hydrogen-bond acceptors (Lipinski definition) is 5. The fraction of sp³-hybridized carbons (Fsp3) is 0.111. The van der Waals surface area contributed by atoms with Gasteiger partial charge in [-0.3, -0.25) is 20.7 Å². The Morgan fingerprint density at radius 2 is 2.31 bits per heavy atom. The van der Waals surface area contributed by atoms with E-state index in [0.717, 1.165) is 0 Å². The topological polar surface area (TPSA) is 81.8 Å². The van der Waals surface area contributed by atoms with Gasteiger partial charge in [0.2, 0.25) is 5.75 Å². The summed E-state index contributed by atoms with van der Waals surface area (Å²) >= 11 is 5.28. The Bertz CT molecular complexity index is 422. The molecule has 0 fully saturated rings. The lowest BCUT2D eigenvalue weighted by Crippen LogP contribution is -2.11. The predicted octanol–water partition coefficient (Wildman–Crippen LogP) is 1.37. The number of carbonyl (C=O) groups is 1. The van der Waals surface area contributed by atoms with Crippen molar-refractivity contribution in [2.24, 2.45) is 0 Å². The van der Waals surface area contributed by atoms with E-state index in [1.165, 1.54) is 18.2 Å². The maximum atomic E-state index is 11.0. The number of benzene rings is 1. The van der Waals surface area contributed by atoms with Crippen LogP contribution in [0.25, 0.3) is 0 Å².